The summed E-state index contributed by atoms with van der Waals surface area (Å²) in [6.45, 7) is 5.10. The lowest BCUT2D eigenvalue weighted by Crippen LogP contribution is -2.45. The standard InChI is InChI=1S/C17H23NO4S2/c1-10(2)15(18-11(3)19)16(20)22-13-6-5-12(9-14(13)21-4)17-23-7-8-24-17/h5-6,9-10,15,17H,7-8H2,1-4H3,(H,18,19)/t15-/m0/s1. The fourth-order valence-electron chi connectivity index (χ4n) is 2.35. The maximum absolute atomic E-state index is 12.4. The van der Waals surface area contributed by atoms with E-state index in [4.69, 9.17) is 9.47 Å². The van der Waals surface area contributed by atoms with E-state index in [-0.39, 0.29) is 11.8 Å². The third kappa shape index (κ3) is 4.83. The normalized spacial score (nSPS) is 16.0. The number of hydrogen-bond donors (Lipinski definition) is 1. The number of rotatable bonds is 6. The lowest BCUT2D eigenvalue weighted by Gasteiger charge is -2.21. The molecule has 0 aromatic heterocycles. The molecule has 2 rings (SSSR count). The number of thioether (sulfide) groups is 2. The van der Waals surface area contributed by atoms with Gasteiger partial charge in [-0.25, -0.2) is 4.79 Å². The first kappa shape index (κ1) is 19.0. The minimum Gasteiger partial charge on any atom is -0.493 e. The molecule has 132 valence electrons. The third-order valence-electron chi connectivity index (χ3n) is 3.57. The third-order valence-corrected chi connectivity index (χ3v) is 6.68. The average Bonchev–Trinajstić information content (AvgIpc) is 3.06. The summed E-state index contributed by atoms with van der Waals surface area (Å²) in [6.07, 6.45) is 0. The lowest BCUT2D eigenvalue weighted by molar-refractivity contribution is -0.140. The van der Waals surface area contributed by atoms with Crippen LogP contribution in [0.15, 0.2) is 18.2 Å². The monoisotopic (exact) mass is 369 g/mol. The van der Waals surface area contributed by atoms with Crippen LogP contribution in [0.2, 0.25) is 0 Å². The van der Waals surface area contributed by atoms with Gasteiger partial charge in [0.1, 0.15) is 6.04 Å². The first-order valence-electron chi connectivity index (χ1n) is 7.82. The number of ether oxygens (including phenoxy) is 2. The van der Waals surface area contributed by atoms with Crippen LogP contribution < -0.4 is 14.8 Å². The van der Waals surface area contributed by atoms with Crippen molar-refractivity contribution in [3.63, 3.8) is 0 Å². The molecule has 1 atom stereocenters. The molecule has 1 saturated heterocycles. The van der Waals surface area contributed by atoms with Crippen LogP contribution in [0.4, 0.5) is 0 Å². The van der Waals surface area contributed by atoms with Crippen molar-refractivity contribution in [1.82, 2.24) is 5.32 Å². The van der Waals surface area contributed by atoms with Crippen LogP contribution in [0.25, 0.3) is 0 Å². The maximum atomic E-state index is 12.4. The van der Waals surface area contributed by atoms with E-state index in [1.54, 1.807) is 13.2 Å². The van der Waals surface area contributed by atoms with Crippen LogP contribution in [0.5, 0.6) is 11.5 Å². The van der Waals surface area contributed by atoms with Crippen molar-refractivity contribution in [2.24, 2.45) is 5.92 Å². The predicted molar refractivity (Wildman–Crippen MR) is 98.7 cm³/mol. The Bertz CT molecular complexity index is 600. The smallest absolute Gasteiger partial charge is 0.334 e. The van der Waals surface area contributed by atoms with Crippen molar-refractivity contribution in [2.45, 2.75) is 31.4 Å². The summed E-state index contributed by atoms with van der Waals surface area (Å²) in [5.41, 5.74) is 1.15. The predicted octanol–water partition coefficient (Wildman–Crippen LogP) is 3.24. The molecule has 1 amide bonds. The van der Waals surface area contributed by atoms with Gasteiger partial charge in [0.15, 0.2) is 11.5 Å². The van der Waals surface area contributed by atoms with Crippen LogP contribution in [0, 0.1) is 5.92 Å². The van der Waals surface area contributed by atoms with E-state index in [1.165, 1.54) is 6.92 Å². The Morgan fingerprint density at radius 3 is 2.42 bits per heavy atom. The second kappa shape index (κ2) is 8.67. The molecule has 1 fully saturated rings. The molecule has 1 aromatic carbocycles. The molecule has 0 bridgehead atoms. The summed E-state index contributed by atoms with van der Waals surface area (Å²) in [4.78, 5) is 23.7. The van der Waals surface area contributed by atoms with Crippen molar-refractivity contribution >= 4 is 35.4 Å². The van der Waals surface area contributed by atoms with E-state index in [2.05, 4.69) is 5.32 Å². The molecule has 1 aliphatic rings. The maximum Gasteiger partial charge on any atom is 0.334 e. The topological polar surface area (TPSA) is 64.6 Å². The summed E-state index contributed by atoms with van der Waals surface area (Å²) in [5, 5.41) is 2.63. The Hall–Kier alpha value is -1.34. The van der Waals surface area contributed by atoms with Crippen molar-refractivity contribution in [3.8, 4) is 11.5 Å². The highest BCUT2D eigenvalue weighted by molar-refractivity contribution is 8.19. The first-order valence-corrected chi connectivity index (χ1v) is 9.92. The number of esters is 1. The van der Waals surface area contributed by atoms with E-state index in [0.29, 0.717) is 16.1 Å². The highest BCUT2D eigenvalue weighted by atomic mass is 32.2. The van der Waals surface area contributed by atoms with Gasteiger partial charge in [-0.15, -0.1) is 23.5 Å². The lowest BCUT2D eigenvalue weighted by atomic mass is 10.0. The second-order valence-electron chi connectivity index (χ2n) is 5.83. The molecule has 1 aliphatic heterocycles. The number of carbonyl (C=O) groups excluding carboxylic acids is 2. The van der Waals surface area contributed by atoms with Crippen LogP contribution in [0.1, 0.15) is 30.9 Å². The van der Waals surface area contributed by atoms with Crippen molar-refractivity contribution in [1.29, 1.82) is 0 Å². The molecule has 0 aliphatic carbocycles. The van der Waals surface area contributed by atoms with E-state index >= 15 is 0 Å². The molecule has 1 N–H and O–H groups in total. The molecular weight excluding hydrogens is 346 g/mol. The Labute approximate surface area is 151 Å². The van der Waals surface area contributed by atoms with Gasteiger partial charge in [0.2, 0.25) is 5.91 Å². The summed E-state index contributed by atoms with van der Waals surface area (Å²) in [7, 11) is 1.55. The van der Waals surface area contributed by atoms with Gasteiger partial charge in [-0.05, 0) is 23.6 Å². The number of benzene rings is 1. The van der Waals surface area contributed by atoms with E-state index < -0.39 is 12.0 Å². The van der Waals surface area contributed by atoms with Crippen LogP contribution in [-0.4, -0.2) is 36.5 Å². The second-order valence-corrected chi connectivity index (χ2v) is 8.55. The fourth-order valence-corrected chi connectivity index (χ4v) is 5.19. The Balaban J connectivity index is 2.15. The van der Waals surface area contributed by atoms with Crippen molar-refractivity contribution < 1.29 is 19.1 Å². The first-order chi connectivity index (χ1) is 11.4. The molecule has 5 nitrogen and oxygen atoms in total. The molecule has 0 spiro atoms. The Kier molecular flexibility index (Phi) is 6.86. The van der Waals surface area contributed by atoms with Crippen LogP contribution in [-0.2, 0) is 9.59 Å². The quantitative estimate of drug-likeness (QED) is 0.613. The van der Waals surface area contributed by atoms with E-state index in [1.807, 2.05) is 49.5 Å². The van der Waals surface area contributed by atoms with Crippen LogP contribution >= 0.6 is 23.5 Å². The van der Waals surface area contributed by atoms with E-state index in [9.17, 15) is 9.59 Å². The van der Waals surface area contributed by atoms with E-state index in [0.717, 1.165) is 17.1 Å². The molecule has 24 heavy (non-hydrogen) atoms. The molecule has 1 aromatic rings. The number of hydrogen-bond acceptors (Lipinski definition) is 6. The van der Waals surface area contributed by atoms with Gasteiger partial charge in [-0.3, -0.25) is 4.79 Å². The summed E-state index contributed by atoms with van der Waals surface area (Å²) in [6, 6.07) is 4.95. The molecule has 7 heteroatoms. The van der Waals surface area contributed by atoms with Crippen molar-refractivity contribution in [3.05, 3.63) is 23.8 Å². The van der Waals surface area contributed by atoms with Gasteiger partial charge < -0.3 is 14.8 Å². The fraction of sp³-hybridized carbons (Fsp3) is 0.529. The van der Waals surface area contributed by atoms with Gasteiger partial charge in [-0.2, -0.15) is 0 Å². The average molecular weight is 370 g/mol. The summed E-state index contributed by atoms with van der Waals surface area (Å²) >= 11 is 3.80. The highest BCUT2D eigenvalue weighted by Crippen LogP contribution is 2.46. The number of methoxy groups -OCH3 is 1. The summed E-state index contributed by atoms with van der Waals surface area (Å²) in [5.74, 6) is 2.36. The van der Waals surface area contributed by atoms with Crippen molar-refractivity contribution in [2.75, 3.05) is 18.6 Å². The summed E-state index contributed by atoms with van der Waals surface area (Å²) < 4.78 is 11.3. The Morgan fingerprint density at radius 1 is 1.21 bits per heavy atom. The SMILES string of the molecule is COc1cc(C2SCCS2)ccc1OC(=O)[C@@H](NC(C)=O)C(C)C. The van der Waals surface area contributed by atoms with Crippen LogP contribution in [0.3, 0.4) is 0 Å². The highest BCUT2D eigenvalue weighted by Gasteiger charge is 2.26. The molecule has 0 saturated carbocycles. The molecule has 0 unspecified atom stereocenters. The van der Waals surface area contributed by atoms with Gasteiger partial charge in [-0.1, -0.05) is 19.9 Å². The number of amides is 1. The number of carbonyl (C=O) groups is 2. The largest absolute Gasteiger partial charge is 0.493 e. The molecule has 0 radical (unpaired) electrons. The van der Waals surface area contributed by atoms with Gasteiger partial charge in [0, 0.05) is 18.4 Å². The Morgan fingerprint density at radius 2 is 1.88 bits per heavy atom. The molecule has 1 heterocycles. The van der Waals surface area contributed by atoms with Gasteiger partial charge >= 0.3 is 5.97 Å². The minimum absolute atomic E-state index is 0.0713. The number of nitrogens with one attached hydrogen (secondary N) is 1. The zero-order valence-corrected chi connectivity index (χ0v) is 16.0. The molecular formula is C17H23NO4S2. The van der Waals surface area contributed by atoms with Gasteiger partial charge in [0.05, 0.1) is 11.7 Å². The minimum atomic E-state index is -0.687. The zero-order chi connectivity index (χ0) is 17.7. The zero-order valence-electron chi connectivity index (χ0n) is 14.3. The van der Waals surface area contributed by atoms with Gasteiger partial charge in [0.25, 0.3) is 0 Å².